The molecule has 90 valence electrons. The SMILES string of the molecule is Cc1c(N)ccc(NCc2nccn2C)c1C. The molecule has 0 aliphatic carbocycles. The maximum atomic E-state index is 5.86. The Labute approximate surface area is 101 Å². The Balaban J connectivity index is 2.15. The fourth-order valence-electron chi connectivity index (χ4n) is 1.77. The zero-order valence-corrected chi connectivity index (χ0v) is 10.5. The Morgan fingerprint density at radius 3 is 2.71 bits per heavy atom. The molecule has 0 spiro atoms. The molecule has 0 aliphatic rings. The van der Waals surface area contributed by atoms with Gasteiger partial charge in [0.25, 0.3) is 0 Å². The number of hydrogen-bond acceptors (Lipinski definition) is 3. The molecule has 1 heterocycles. The summed E-state index contributed by atoms with van der Waals surface area (Å²) in [5, 5.41) is 3.39. The molecule has 1 aromatic heterocycles. The van der Waals surface area contributed by atoms with Crippen LogP contribution >= 0.6 is 0 Å². The van der Waals surface area contributed by atoms with Crippen LogP contribution in [0.4, 0.5) is 11.4 Å². The number of anilines is 2. The summed E-state index contributed by atoms with van der Waals surface area (Å²) in [6, 6.07) is 3.95. The average molecular weight is 230 g/mol. The fraction of sp³-hybridized carbons (Fsp3) is 0.308. The van der Waals surface area contributed by atoms with Crippen molar-refractivity contribution in [1.82, 2.24) is 9.55 Å². The summed E-state index contributed by atoms with van der Waals surface area (Å²) in [6.07, 6.45) is 3.75. The lowest BCUT2D eigenvalue weighted by Crippen LogP contribution is -2.07. The first-order valence-electron chi connectivity index (χ1n) is 5.65. The molecular weight excluding hydrogens is 212 g/mol. The Bertz CT molecular complexity index is 528. The first kappa shape index (κ1) is 11.5. The van der Waals surface area contributed by atoms with Crippen molar-refractivity contribution in [2.45, 2.75) is 20.4 Å². The van der Waals surface area contributed by atoms with Gasteiger partial charge in [0, 0.05) is 30.8 Å². The van der Waals surface area contributed by atoms with Gasteiger partial charge in [-0.05, 0) is 37.1 Å². The molecule has 2 rings (SSSR count). The summed E-state index contributed by atoms with van der Waals surface area (Å²) >= 11 is 0. The molecule has 0 amide bonds. The first-order valence-corrected chi connectivity index (χ1v) is 5.65. The maximum Gasteiger partial charge on any atom is 0.127 e. The minimum absolute atomic E-state index is 0.716. The van der Waals surface area contributed by atoms with E-state index in [0.717, 1.165) is 22.8 Å². The molecule has 0 saturated carbocycles. The average Bonchev–Trinajstić information content (AvgIpc) is 2.71. The third kappa shape index (κ3) is 2.25. The number of nitrogen functional groups attached to an aromatic ring is 1. The lowest BCUT2D eigenvalue weighted by atomic mass is 10.1. The van der Waals surface area contributed by atoms with Gasteiger partial charge in [-0.3, -0.25) is 0 Å². The Morgan fingerprint density at radius 1 is 1.29 bits per heavy atom. The number of aromatic nitrogens is 2. The molecule has 0 saturated heterocycles. The van der Waals surface area contributed by atoms with E-state index in [-0.39, 0.29) is 0 Å². The lowest BCUT2D eigenvalue weighted by molar-refractivity contribution is 0.812. The molecule has 0 bridgehead atoms. The van der Waals surface area contributed by atoms with Crippen molar-refractivity contribution in [2.24, 2.45) is 7.05 Å². The van der Waals surface area contributed by atoms with Crippen molar-refractivity contribution in [3.05, 3.63) is 41.5 Å². The molecule has 17 heavy (non-hydrogen) atoms. The summed E-state index contributed by atoms with van der Waals surface area (Å²) in [7, 11) is 1.99. The van der Waals surface area contributed by atoms with Gasteiger partial charge in [-0.25, -0.2) is 4.98 Å². The number of nitrogens with two attached hydrogens (primary N) is 1. The fourth-order valence-corrected chi connectivity index (χ4v) is 1.77. The maximum absolute atomic E-state index is 5.86. The Kier molecular flexibility index (Phi) is 3.04. The number of hydrogen-bond donors (Lipinski definition) is 2. The molecule has 0 atom stereocenters. The quantitative estimate of drug-likeness (QED) is 0.795. The molecule has 4 heteroatoms. The normalized spacial score (nSPS) is 10.5. The van der Waals surface area contributed by atoms with E-state index < -0.39 is 0 Å². The molecule has 0 radical (unpaired) electrons. The van der Waals surface area contributed by atoms with Crippen LogP contribution in [0.15, 0.2) is 24.5 Å². The van der Waals surface area contributed by atoms with Gasteiger partial charge in [0.05, 0.1) is 6.54 Å². The lowest BCUT2D eigenvalue weighted by Gasteiger charge is -2.13. The highest BCUT2D eigenvalue weighted by atomic mass is 15.1. The molecule has 4 nitrogen and oxygen atoms in total. The molecule has 0 fully saturated rings. The van der Waals surface area contributed by atoms with Gasteiger partial charge in [0.2, 0.25) is 0 Å². The van der Waals surface area contributed by atoms with Crippen LogP contribution in [-0.2, 0) is 13.6 Å². The number of nitrogens with zero attached hydrogens (tertiary/aromatic N) is 2. The minimum atomic E-state index is 0.716. The summed E-state index contributed by atoms with van der Waals surface area (Å²) < 4.78 is 2.01. The van der Waals surface area contributed by atoms with E-state index in [1.54, 1.807) is 6.20 Å². The zero-order valence-electron chi connectivity index (χ0n) is 10.5. The minimum Gasteiger partial charge on any atom is -0.399 e. The Hall–Kier alpha value is -1.97. The van der Waals surface area contributed by atoms with Crippen LogP contribution in [0.2, 0.25) is 0 Å². The smallest absolute Gasteiger partial charge is 0.127 e. The number of benzene rings is 1. The summed E-state index contributed by atoms with van der Waals surface area (Å²) in [6.45, 7) is 4.83. The van der Waals surface area contributed by atoms with E-state index in [1.807, 2.05) is 36.9 Å². The number of rotatable bonds is 3. The third-order valence-corrected chi connectivity index (χ3v) is 3.19. The van der Waals surface area contributed by atoms with E-state index in [0.29, 0.717) is 6.54 Å². The Morgan fingerprint density at radius 2 is 2.06 bits per heavy atom. The summed E-state index contributed by atoms with van der Waals surface area (Å²) in [5.41, 5.74) is 10.1. The summed E-state index contributed by atoms with van der Waals surface area (Å²) in [5.74, 6) is 1.01. The topological polar surface area (TPSA) is 55.9 Å². The van der Waals surface area contributed by atoms with Crippen molar-refractivity contribution in [2.75, 3.05) is 11.1 Å². The van der Waals surface area contributed by atoms with Crippen molar-refractivity contribution in [3.63, 3.8) is 0 Å². The van der Waals surface area contributed by atoms with Crippen LogP contribution in [0.3, 0.4) is 0 Å². The number of aryl methyl sites for hydroxylation is 1. The van der Waals surface area contributed by atoms with Gasteiger partial charge in [-0.1, -0.05) is 0 Å². The van der Waals surface area contributed by atoms with Crippen LogP contribution in [0, 0.1) is 13.8 Å². The van der Waals surface area contributed by atoms with E-state index in [4.69, 9.17) is 5.73 Å². The van der Waals surface area contributed by atoms with Crippen LogP contribution in [0.5, 0.6) is 0 Å². The van der Waals surface area contributed by atoms with Gasteiger partial charge >= 0.3 is 0 Å². The molecule has 3 N–H and O–H groups in total. The van der Waals surface area contributed by atoms with Crippen molar-refractivity contribution >= 4 is 11.4 Å². The zero-order chi connectivity index (χ0) is 12.4. The second-order valence-corrected chi connectivity index (χ2v) is 4.26. The first-order chi connectivity index (χ1) is 8.09. The predicted molar refractivity (Wildman–Crippen MR) is 70.9 cm³/mol. The van der Waals surface area contributed by atoms with Crippen molar-refractivity contribution < 1.29 is 0 Å². The van der Waals surface area contributed by atoms with Gasteiger partial charge in [-0.2, -0.15) is 0 Å². The summed E-state index contributed by atoms with van der Waals surface area (Å²) in [4.78, 5) is 4.28. The van der Waals surface area contributed by atoms with Crippen LogP contribution < -0.4 is 11.1 Å². The van der Waals surface area contributed by atoms with Gasteiger partial charge < -0.3 is 15.6 Å². The monoisotopic (exact) mass is 230 g/mol. The second-order valence-electron chi connectivity index (χ2n) is 4.26. The second kappa shape index (κ2) is 4.49. The van der Waals surface area contributed by atoms with E-state index >= 15 is 0 Å². The largest absolute Gasteiger partial charge is 0.399 e. The number of imidazole rings is 1. The molecule has 0 unspecified atom stereocenters. The molecular formula is C13H18N4. The van der Waals surface area contributed by atoms with Crippen LogP contribution in [-0.4, -0.2) is 9.55 Å². The molecule has 1 aromatic carbocycles. The standard InChI is InChI=1S/C13H18N4/c1-9-10(2)12(5-4-11(9)14)16-8-13-15-6-7-17(13)3/h4-7,16H,8,14H2,1-3H3. The van der Waals surface area contributed by atoms with E-state index in [9.17, 15) is 0 Å². The van der Waals surface area contributed by atoms with Crippen molar-refractivity contribution in [3.8, 4) is 0 Å². The third-order valence-electron chi connectivity index (χ3n) is 3.19. The van der Waals surface area contributed by atoms with E-state index in [2.05, 4.69) is 17.2 Å². The van der Waals surface area contributed by atoms with Gasteiger partial charge in [0.1, 0.15) is 5.82 Å². The van der Waals surface area contributed by atoms with Crippen LogP contribution in [0.1, 0.15) is 17.0 Å². The van der Waals surface area contributed by atoms with Crippen molar-refractivity contribution in [1.29, 1.82) is 0 Å². The highest BCUT2D eigenvalue weighted by Gasteiger charge is 2.05. The highest BCUT2D eigenvalue weighted by Crippen LogP contribution is 2.23. The van der Waals surface area contributed by atoms with Gasteiger partial charge in [-0.15, -0.1) is 0 Å². The van der Waals surface area contributed by atoms with E-state index in [1.165, 1.54) is 5.56 Å². The van der Waals surface area contributed by atoms with Gasteiger partial charge in [0.15, 0.2) is 0 Å². The molecule has 2 aromatic rings. The molecule has 0 aliphatic heterocycles. The predicted octanol–water partition coefficient (Wildman–Crippen LogP) is 2.23. The van der Waals surface area contributed by atoms with Crippen LogP contribution in [0.25, 0.3) is 0 Å². The number of nitrogens with one attached hydrogen (secondary N) is 1. The highest BCUT2D eigenvalue weighted by molar-refractivity contribution is 5.62.